The fraction of sp³-hybridized carbons (Fsp3) is 0.286. The van der Waals surface area contributed by atoms with Crippen LogP contribution < -0.4 is 0 Å². The van der Waals surface area contributed by atoms with Gasteiger partial charge in [0.05, 0.1) is 6.54 Å². The number of nitrogens with zero attached hydrogens (tertiary/aromatic N) is 1. The second kappa shape index (κ2) is 4.26. The van der Waals surface area contributed by atoms with E-state index in [-0.39, 0.29) is 24.6 Å². The molecule has 0 spiro atoms. The van der Waals surface area contributed by atoms with Gasteiger partial charge in [-0.15, -0.1) is 0 Å². The van der Waals surface area contributed by atoms with Crippen LogP contribution in [0.25, 0.3) is 10.9 Å². The summed E-state index contributed by atoms with van der Waals surface area (Å²) in [6.45, 7) is 1.62. The molecule has 0 radical (unpaired) electrons. The SMILES string of the molecule is CC(=O)N1Cc2[nH]c3ccc(O)cc3c2C[C@H]1C(=O)O. The van der Waals surface area contributed by atoms with Crippen molar-refractivity contribution in [3.63, 3.8) is 0 Å². The highest BCUT2D eigenvalue weighted by Crippen LogP contribution is 2.32. The van der Waals surface area contributed by atoms with Crippen molar-refractivity contribution in [3.05, 3.63) is 29.5 Å². The number of phenols is 1. The molecule has 20 heavy (non-hydrogen) atoms. The molecule has 6 heteroatoms. The molecule has 3 N–H and O–H groups in total. The quantitative estimate of drug-likeness (QED) is 0.729. The monoisotopic (exact) mass is 274 g/mol. The summed E-state index contributed by atoms with van der Waals surface area (Å²) in [7, 11) is 0. The van der Waals surface area contributed by atoms with Gasteiger partial charge in [-0.3, -0.25) is 4.79 Å². The Balaban J connectivity index is 2.14. The fourth-order valence-corrected chi connectivity index (χ4v) is 2.80. The number of amides is 1. The number of carbonyl (C=O) groups is 2. The lowest BCUT2D eigenvalue weighted by atomic mass is 9.96. The van der Waals surface area contributed by atoms with Gasteiger partial charge in [0.15, 0.2) is 0 Å². The first-order valence-electron chi connectivity index (χ1n) is 6.30. The summed E-state index contributed by atoms with van der Waals surface area (Å²) >= 11 is 0. The largest absolute Gasteiger partial charge is 0.508 e. The number of hydrogen-bond donors (Lipinski definition) is 3. The average Bonchev–Trinajstić information content (AvgIpc) is 2.74. The van der Waals surface area contributed by atoms with E-state index >= 15 is 0 Å². The number of aromatic nitrogens is 1. The van der Waals surface area contributed by atoms with Crippen molar-refractivity contribution in [2.45, 2.75) is 25.9 Å². The summed E-state index contributed by atoms with van der Waals surface area (Å²) in [5.74, 6) is -1.13. The molecule has 1 aliphatic rings. The van der Waals surface area contributed by atoms with Gasteiger partial charge in [0.25, 0.3) is 0 Å². The Kier molecular flexibility index (Phi) is 2.67. The van der Waals surface area contributed by atoms with E-state index in [0.717, 1.165) is 22.2 Å². The Bertz CT molecular complexity index is 719. The number of benzene rings is 1. The number of carboxylic acids is 1. The molecule has 0 fully saturated rings. The van der Waals surface area contributed by atoms with E-state index < -0.39 is 12.0 Å². The fourth-order valence-electron chi connectivity index (χ4n) is 2.80. The zero-order valence-corrected chi connectivity index (χ0v) is 10.9. The Morgan fingerprint density at radius 2 is 2.15 bits per heavy atom. The van der Waals surface area contributed by atoms with E-state index in [0.29, 0.717) is 0 Å². The van der Waals surface area contributed by atoms with Crippen LogP contribution in [0.4, 0.5) is 0 Å². The summed E-state index contributed by atoms with van der Waals surface area (Å²) in [5, 5.41) is 19.7. The van der Waals surface area contributed by atoms with Crippen molar-refractivity contribution in [1.82, 2.24) is 9.88 Å². The maximum Gasteiger partial charge on any atom is 0.326 e. The summed E-state index contributed by atoms with van der Waals surface area (Å²) in [6, 6.07) is 4.08. The van der Waals surface area contributed by atoms with Crippen LogP contribution in [0.2, 0.25) is 0 Å². The molecule has 0 aliphatic carbocycles. The molecule has 1 aromatic carbocycles. The van der Waals surface area contributed by atoms with E-state index in [1.54, 1.807) is 18.2 Å². The smallest absolute Gasteiger partial charge is 0.326 e. The molecule has 0 saturated heterocycles. The predicted molar refractivity (Wildman–Crippen MR) is 71.3 cm³/mol. The van der Waals surface area contributed by atoms with Gasteiger partial charge in [-0.1, -0.05) is 0 Å². The lowest BCUT2D eigenvalue weighted by Crippen LogP contribution is -2.47. The van der Waals surface area contributed by atoms with Gasteiger partial charge in [-0.2, -0.15) is 0 Å². The van der Waals surface area contributed by atoms with Gasteiger partial charge in [0.2, 0.25) is 5.91 Å². The predicted octanol–water partition coefficient (Wildman–Crippen LogP) is 1.23. The number of carbonyl (C=O) groups excluding carboxylic acids is 1. The van der Waals surface area contributed by atoms with Gasteiger partial charge in [0, 0.05) is 29.9 Å². The highest BCUT2D eigenvalue weighted by atomic mass is 16.4. The zero-order valence-electron chi connectivity index (χ0n) is 10.9. The maximum atomic E-state index is 11.6. The van der Waals surface area contributed by atoms with E-state index in [1.807, 2.05) is 0 Å². The van der Waals surface area contributed by atoms with Crippen LogP contribution in [0, 0.1) is 0 Å². The first kappa shape index (κ1) is 12.5. The van der Waals surface area contributed by atoms with Crippen LogP contribution in [0.1, 0.15) is 18.2 Å². The molecule has 104 valence electrons. The molecule has 0 saturated carbocycles. The van der Waals surface area contributed by atoms with Crippen molar-refractivity contribution in [1.29, 1.82) is 0 Å². The summed E-state index contributed by atoms with van der Waals surface area (Å²) in [4.78, 5) is 27.5. The number of aliphatic carboxylic acids is 1. The number of rotatable bonds is 1. The van der Waals surface area contributed by atoms with Crippen molar-refractivity contribution in [2.75, 3.05) is 0 Å². The third-order valence-electron chi connectivity index (χ3n) is 3.77. The molecule has 0 unspecified atom stereocenters. The molecule has 6 nitrogen and oxygen atoms in total. The molecule has 1 aliphatic heterocycles. The van der Waals surface area contributed by atoms with Gasteiger partial charge < -0.3 is 20.1 Å². The second-order valence-electron chi connectivity index (χ2n) is 5.02. The summed E-state index contributed by atoms with van der Waals surface area (Å²) in [6.07, 6.45) is 0.244. The van der Waals surface area contributed by atoms with Crippen molar-refractivity contribution in [3.8, 4) is 5.75 Å². The number of nitrogens with one attached hydrogen (secondary N) is 1. The van der Waals surface area contributed by atoms with Crippen LogP contribution in [-0.4, -0.2) is 38.0 Å². The molecular formula is C14H14N2O4. The Hall–Kier alpha value is -2.50. The minimum atomic E-state index is -1.01. The molecule has 0 bridgehead atoms. The standard InChI is InChI=1S/C14H14N2O4/c1-7(17)16-6-12-10(5-13(16)14(19)20)9-4-8(18)2-3-11(9)15-12/h2-4,13,15,18H,5-6H2,1H3,(H,19,20)/t13-/m0/s1. The van der Waals surface area contributed by atoms with E-state index in [9.17, 15) is 19.8 Å². The zero-order chi connectivity index (χ0) is 14.4. The molecule has 3 rings (SSSR count). The van der Waals surface area contributed by atoms with Gasteiger partial charge >= 0.3 is 5.97 Å². The van der Waals surface area contributed by atoms with Crippen LogP contribution in [0.5, 0.6) is 5.75 Å². The third kappa shape index (κ3) is 1.80. The second-order valence-corrected chi connectivity index (χ2v) is 5.02. The van der Waals surface area contributed by atoms with E-state index in [1.165, 1.54) is 11.8 Å². The van der Waals surface area contributed by atoms with Crippen molar-refractivity contribution in [2.24, 2.45) is 0 Å². The molecule has 1 aromatic heterocycles. The Morgan fingerprint density at radius 3 is 2.80 bits per heavy atom. The minimum Gasteiger partial charge on any atom is -0.508 e. The summed E-state index contributed by atoms with van der Waals surface area (Å²) < 4.78 is 0. The average molecular weight is 274 g/mol. The van der Waals surface area contributed by atoms with Gasteiger partial charge in [0.1, 0.15) is 11.8 Å². The van der Waals surface area contributed by atoms with Gasteiger partial charge in [-0.25, -0.2) is 4.79 Å². The first-order valence-corrected chi connectivity index (χ1v) is 6.30. The normalized spacial score (nSPS) is 18.1. The first-order chi connectivity index (χ1) is 9.47. The highest BCUT2D eigenvalue weighted by Gasteiger charge is 2.34. The third-order valence-corrected chi connectivity index (χ3v) is 3.77. The number of fused-ring (bicyclic) bond motifs is 3. The molecule has 1 amide bonds. The number of phenolic OH excluding ortho intramolecular Hbond substituents is 1. The van der Waals surface area contributed by atoms with Crippen molar-refractivity contribution >= 4 is 22.8 Å². The number of carboxylic acid groups (broad SMARTS) is 1. The molecule has 2 aromatic rings. The maximum absolute atomic E-state index is 11.6. The topological polar surface area (TPSA) is 93.6 Å². The molecule has 1 atom stereocenters. The number of hydrogen-bond acceptors (Lipinski definition) is 3. The van der Waals surface area contributed by atoms with Crippen LogP contribution in [0.15, 0.2) is 18.2 Å². The van der Waals surface area contributed by atoms with E-state index in [4.69, 9.17) is 0 Å². The Labute approximate surface area is 114 Å². The van der Waals surface area contributed by atoms with E-state index in [2.05, 4.69) is 4.98 Å². The minimum absolute atomic E-state index is 0.139. The van der Waals surface area contributed by atoms with Crippen LogP contribution >= 0.6 is 0 Å². The van der Waals surface area contributed by atoms with Crippen LogP contribution in [-0.2, 0) is 22.6 Å². The summed E-state index contributed by atoms with van der Waals surface area (Å²) in [5.41, 5.74) is 2.53. The Morgan fingerprint density at radius 1 is 1.40 bits per heavy atom. The highest BCUT2D eigenvalue weighted by molar-refractivity contribution is 5.89. The van der Waals surface area contributed by atoms with Crippen LogP contribution in [0.3, 0.4) is 0 Å². The molecular weight excluding hydrogens is 260 g/mol. The number of aromatic amines is 1. The molecule has 2 heterocycles. The van der Waals surface area contributed by atoms with Crippen molar-refractivity contribution < 1.29 is 19.8 Å². The number of aromatic hydroxyl groups is 1. The number of H-pyrrole nitrogens is 1. The lowest BCUT2D eigenvalue weighted by Gasteiger charge is -2.32. The lowest BCUT2D eigenvalue weighted by molar-refractivity contribution is -0.150. The van der Waals surface area contributed by atoms with Gasteiger partial charge in [-0.05, 0) is 23.8 Å².